The molecule has 0 atom stereocenters. The summed E-state index contributed by atoms with van der Waals surface area (Å²) in [7, 11) is 0. The molecule has 8 heteroatoms. The molecule has 7 aromatic carbocycles. The highest BCUT2D eigenvalue weighted by atomic mass is 32.1. The molecular weight excluding hydrogens is 685 g/mol. The zero-order chi connectivity index (χ0) is 35.6. The maximum atomic E-state index is 6.35. The number of hydrogen-bond donors (Lipinski definition) is 0. The number of nitrogens with zero attached hydrogens (tertiary/aromatic N) is 6. The monoisotopic (exact) mass is 710 g/mol. The molecular formula is C46H26N6OS. The van der Waals surface area contributed by atoms with Crippen molar-refractivity contribution >= 4 is 66.4 Å². The number of furan rings is 1. The van der Waals surface area contributed by atoms with Crippen LogP contribution in [-0.2, 0) is 0 Å². The minimum absolute atomic E-state index is 0.516. The summed E-state index contributed by atoms with van der Waals surface area (Å²) in [5.74, 6) is 1.65. The smallest absolute Gasteiger partial charge is 0.166 e. The number of rotatable bonds is 5. The van der Waals surface area contributed by atoms with Crippen LogP contribution in [0.1, 0.15) is 0 Å². The average molecular weight is 711 g/mol. The lowest BCUT2D eigenvalue weighted by Gasteiger charge is -2.13. The van der Waals surface area contributed by atoms with Crippen LogP contribution in [0, 0.1) is 0 Å². The third-order valence-corrected chi connectivity index (χ3v) is 10.5. The lowest BCUT2D eigenvalue weighted by Crippen LogP contribution is -2.01. The van der Waals surface area contributed by atoms with Crippen LogP contribution in [0.5, 0.6) is 0 Å². The predicted octanol–water partition coefficient (Wildman–Crippen LogP) is 11.8. The fraction of sp³-hybridized carbons (Fsp3) is 0. The van der Waals surface area contributed by atoms with Gasteiger partial charge in [-0.1, -0.05) is 140 Å². The van der Waals surface area contributed by atoms with Gasteiger partial charge in [0.15, 0.2) is 17.5 Å². The Labute approximate surface area is 312 Å². The van der Waals surface area contributed by atoms with E-state index in [1.54, 1.807) is 0 Å². The van der Waals surface area contributed by atoms with E-state index in [0.717, 1.165) is 93.7 Å². The Morgan fingerprint density at radius 3 is 1.81 bits per heavy atom. The summed E-state index contributed by atoms with van der Waals surface area (Å²) in [6.07, 6.45) is 0. The number of para-hydroxylation sites is 3. The quantitative estimate of drug-likeness (QED) is 0.164. The second-order valence-corrected chi connectivity index (χ2v) is 13.7. The van der Waals surface area contributed by atoms with Crippen molar-refractivity contribution in [3.05, 3.63) is 158 Å². The van der Waals surface area contributed by atoms with Gasteiger partial charge in [-0.15, -0.1) is 0 Å². The van der Waals surface area contributed by atoms with Crippen molar-refractivity contribution < 1.29 is 4.42 Å². The molecule has 0 saturated carbocycles. The SMILES string of the molecule is c1ccc(-c2nc(-c3ccc(-c4cccc5c4oc4ccccc45)cc3)nc(-c3cc4c(-c5ccccc5)nc5ccccc5c4c4nsnc34)n2)cc1. The van der Waals surface area contributed by atoms with Gasteiger partial charge in [0.1, 0.15) is 22.2 Å². The van der Waals surface area contributed by atoms with Crippen molar-refractivity contribution in [2.24, 2.45) is 0 Å². The van der Waals surface area contributed by atoms with E-state index in [0.29, 0.717) is 17.5 Å². The topological polar surface area (TPSA) is 90.5 Å². The summed E-state index contributed by atoms with van der Waals surface area (Å²) >= 11 is 1.19. The van der Waals surface area contributed by atoms with E-state index in [1.165, 1.54) is 11.7 Å². The number of hydrogen-bond acceptors (Lipinski definition) is 8. The van der Waals surface area contributed by atoms with Crippen molar-refractivity contribution in [3.63, 3.8) is 0 Å². The second-order valence-electron chi connectivity index (χ2n) is 13.2. The molecule has 0 spiro atoms. The molecule has 4 heterocycles. The van der Waals surface area contributed by atoms with E-state index in [4.69, 9.17) is 33.1 Å². The van der Waals surface area contributed by atoms with Crippen molar-refractivity contribution in [2.75, 3.05) is 0 Å². The van der Waals surface area contributed by atoms with E-state index in [1.807, 2.05) is 84.9 Å². The molecule has 11 aromatic rings. The average Bonchev–Trinajstić information content (AvgIpc) is 3.89. The lowest BCUT2D eigenvalue weighted by atomic mass is 9.96. The van der Waals surface area contributed by atoms with E-state index in [2.05, 4.69) is 72.8 Å². The van der Waals surface area contributed by atoms with Crippen LogP contribution in [-0.4, -0.2) is 28.7 Å². The van der Waals surface area contributed by atoms with Crippen molar-refractivity contribution in [1.29, 1.82) is 0 Å². The minimum atomic E-state index is 0.516. The van der Waals surface area contributed by atoms with Gasteiger partial charge in [0.2, 0.25) is 0 Å². The highest BCUT2D eigenvalue weighted by molar-refractivity contribution is 7.00. The Kier molecular flexibility index (Phi) is 6.90. The van der Waals surface area contributed by atoms with Gasteiger partial charge in [-0.05, 0) is 23.8 Å². The third kappa shape index (κ3) is 4.88. The molecule has 0 aliphatic carbocycles. The molecule has 252 valence electrons. The Bertz CT molecular complexity index is 3210. The van der Waals surface area contributed by atoms with E-state index < -0.39 is 0 Å². The molecule has 0 radical (unpaired) electrons. The number of pyridine rings is 1. The zero-order valence-corrected chi connectivity index (χ0v) is 29.3. The number of aromatic nitrogens is 6. The predicted molar refractivity (Wildman–Crippen MR) is 218 cm³/mol. The lowest BCUT2D eigenvalue weighted by molar-refractivity contribution is 0.670. The first-order chi connectivity index (χ1) is 26.8. The molecule has 7 nitrogen and oxygen atoms in total. The van der Waals surface area contributed by atoms with Crippen molar-refractivity contribution in [2.45, 2.75) is 0 Å². The molecule has 11 rings (SSSR count). The van der Waals surface area contributed by atoms with Crippen molar-refractivity contribution in [3.8, 4) is 56.5 Å². The van der Waals surface area contributed by atoms with Gasteiger partial charge in [0, 0.05) is 54.7 Å². The van der Waals surface area contributed by atoms with Crippen LogP contribution in [0.4, 0.5) is 0 Å². The molecule has 0 bridgehead atoms. The third-order valence-electron chi connectivity index (χ3n) is 10.0. The van der Waals surface area contributed by atoms with Crippen LogP contribution >= 0.6 is 11.7 Å². The van der Waals surface area contributed by atoms with Gasteiger partial charge >= 0.3 is 0 Å². The van der Waals surface area contributed by atoms with Gasteiger partial charge in [0.25, 0.3) is 0 Å². The fourth-order valence-electron chi connectivity index (χ4n) is 7.47. The van der Waals surface area contributed by atoms with Crippen LogP contribution in [0.25, 0.3) is 111 Å². The molecule has 0 amide bonds. The second kappa shape index (κ2) is 12.2. The highest BCUT2D eigenvalue weighted by Crippen LogP contribution is 2.41. The molecule has 4 aromatic heterocycles. The van der Waals surface area contributed by atoms with Crippen LogP contribution in [0.3, 0.4) is 0 Å². The Balaban J connectivity index is 1.12. The molecule has 0 saturated heterocycles. The summed E-state index contributed by atoms with van der Waals surface area (Å²) in [5, 5.41) is 5.20. The van der Waals surface area contributed by atoms with E-state index in [-0.39, 0.29) is 0 Å². The summed E-state index contributed by atoms with van der Waals surface area (Å²) in [5.41, 5.74) is 10.7. The van der Waals surface area contributed by atoms with E-state index in [9.17, 15) is 0 Å². The zero-order valence-electron chi connectivity index (χ0n) is 28.5. The Morgan fingerprint density at radius 1 is 0.407 bits per heavy atom. The molecule has 0 N–H and O–H groups in total. The maximum absolute atomic E-state index is 6.35. The Morgan fingerprint density at radius 2 is 1.02 bits per heavy atom. The standard InChI is InChI=1S/C46H26N6OS/c1-3-12-28(13-4-1)40-35-26-36(41-42(52-54-51-41)39(35)34-17-7-9-20-37(34)47-40)46-49-44(29-14-5-2-6-15-29)48-45(50-46)30-24-22-27(23-25-30)31-18-11-19-33-32-16-8-10-21-38(32)53-43(31)33/h1-26H. The van der Waals surface area contributed by atoms with Gasteiger partial charge in [-0.3, -0.25) is 0 Å². The minimum Gasteiger partial charge on any atom is -0.455 e. The summed E-state index contributed by atoms with van der Waals surface area (Å²) in [6.45, 7) is 0. The first-order valence-electron chi connectivity index (χ1n) is 17.6. The normalized spacial score (nSPS) is 11.7. The van der Waals surface area contributed by atoms with Crippen LogP contribution in [0.15, 0.2) is 162 Å². The van der Waals surface area contributed by atoms with Gasteiger partial charge < -0.3 is 4.42 Å². The van der Waals surface area contributed by atoms with Crippen molar-refractivity contribution in [1.82, 2.24) is 28.7 Å². The largest absolute Gasteiger partial charge is 0.455 e. The Hall–Kier alpha value is -7.16. The molecule has 0 fully saturated rings. The first kappa shape index (κ1) is 30.5. The van der Waals surface area contributed by atoms with Gasteiger partial charge in [-0.25, -0.2) is 19.9 Å². The highest BCUT2D eigenvalue weighted by Gasteiger charge is 2.22. The fourth-order valence-corrected chi connectivity index (χ4v) is 8.03. The molecule has 0 aliphatic rings. The summed E-state index contributed by atoms with van der Waals surface area (Å²) in [4.78, 5) is 20.5. The molecule has 0 unspecified atom stereocenters. The van der Waals surface area contributed by atoms with Crippen LogP contribution < -0.4 is 0 Å². The number of fused-ring (bicyclic) bond motifs is 8. The molecule has 0 aliphatic heterocycles. The summed E-state index contributed by atoms with van der Waals surface area (Å²) in [6, 6.07) is 53.4. The van der Waals surface area contributed by atoms with Gasteiger partial charge in [-0.2, -0.15) is 8.75 Å². The number of benzene rings is 7. The molecule has 54 heavy (non-hydrogen) atoms. The first-order valence-corrected chi connectivity index (χ1v) is 18.4. The maximum Gasteiger partial charge on any atom is 0.166 e. The van der Waals surface area contributed by atoms with E-state index >= 15 is 0 Å². The van der Waals surface area contributed by atoms with Gasteiger partial charge in [0.05, 0.1) is 22.9 Å². The summed E-state index contributed by atoms with van der Waals surface area (Å²) < 4.78 is 16.1. The van der Waals surface area contributed by atoms with Crippen LogP contribution in [0.2, 0.25) is 0 Å².